The highest BCUT2D eigenvalue weighted by Crippen LogP contribution is 2.48. The maximum absolute atomic E-state index is 12.2. The molecule has 4 heteroatoms. The number of aliphatic hydroxyl groups is 1. The largest absolute Gasteiger partial charge is 0.393 e. The van der Waals surface area contributed by atoms with Crippen LogP contribution in [0, 0.1) is 11.3 Å². The lowest BCUT2D eigenvalue weighted by molar-refractivity contribution is -0.136. The third kappa shape index (κ3) is 1.88. The van der Waals surface area contributed by atoms with E-state index in [4.69, 9.17) is 0 Å². The number of nitrogens with zero attached hydrogens (tertiary/aromatic N) is 1. The quantitative estimate of drug-likeness (QED) is 0.731. The van der Waals surface area contributed by atoms with E-state index in [0.717, 1.165) is 38.8 Å². The van der Waals surface area contributed by atoms with E-state index >= 15 is 0 Å². The van der Waals surface area contributed by atoms with Gasteiger partial charge in [-0.05, 0) is 31.1 Å². The van der Waals surface area contributed by atoms with Crippen LogP contribution in [0.4, 0.5) is 0 Å². The Balaban J connectivity index is 1.59. The number of amides is 1. The highest BCUT2D eigenvalue weighted by Gasteiger charge is 2.49. The number of carbonyl (C=O) groups excluding carboxylic acids is 2. The first-order valence-electron chi connectivity index (χ1n) is 6.57. The SMILES string of the molecule is O=C1CCC(C(=O)N2CCC3(CC(O)C3)C2)C1. The summed E-state index contributed by atoms with van der Waals surface area (Å²) in [7, 11) is 0. The maximum Gasteiger partial charge on any atom is 0.226 e. The number of aliphatic hydroxyl groups excluding tert-OH is 1. The lowest BCUT2D eigenvalue weighted by Crippen LogP contribution is -2.44. The van der Waals surface area contributed by atoms with Crippen LogP contribution < -0.4 is 0 Å². The molecular formula is C13H19NO3. The molecule has 0 aromatic rings. The molecule has 3 fully saturated rings. The van der Waals surface area contributed by atoms with E-state index in [2.05, 4.69) is 0 Å². The van der Waals surface area contributed by atoms with Crippen LogP contribution in [0.15, 0.2) is 0 Å². The number of ketones is 1. The van der Waals surface area contributed by atoms with Gasteiger partial charge in [-0.15, -0.1) is 0 Å². The Morgan fingerprint density at radius 1 is 1.41 bits per heavy atom. The monoisotopic (exact) mass is 237 g/mol. The minimum atomic E-state index is -0.155. The summed E-state index contributed by atoms with van der Waals surface area (Å²) in [5, 5.41) is 9.40. The van der Waals surface area contributed by atoms with Crippen LogP contribution in [0.25, 0.3) is 0 Å². The first-order chi connectivity index (χ1) is 8.08. The number of hydrogen-bond acceptors (Lipinski definition) is 3. The first kappa shape index (κ1) is 11.2. The summed E-state index contributed by atoms with van der Waals surface area (Å²) in [6.45, 7) is 1.61. The average molecular weight is 237 g/mol. The van der Waals surface area contributed by atoms with E-state index in [1.54, 1.807) is 0 Å². The van der Waals surface area contributed by atoms with Gasteiger partial charge in [-0.3, -0.25) is 9.59 Å². The standard InChI is InChI=1S/C13H19NO3/c15-10-2-1-9(5-10)12(17)14-4-3-13(8-14)6-11(16)7-13/h9,11,16H,1-8H2. The van der Waals surface area contributed by atoms with E-state index in [1.165, 1.54) is 0 Å². The van der Waals surface area contributed by atoms with Crippen molar-refractivity contribution in [3.8, 4) is 0 Å². The van der Waals surface area contributed by atoms with Crippen molar-refractivity contribution in [3.63, 3.8) is 0 Å². The van der Waals surface area contributed by atoms with Crippen molar-refractivity contribution in [2.24, 2.45) is 11.3 Å². The molecule has 1 unspecified atom stereocenters. The second-order valence-corrected chi connectivity index (χ2v) is 6.05. The van der Waals surface area contributed by atoms with E-state index < -0.39 is 0 Å². The topological polar surface area (TPSA) is 57.6 Å². The van der Waals surface area contributed by atoms with Gasteiger partial charge in [0.05, 0.1) is 6.10 Å². The second-order valence-electron chi connectivity index (χ2n) is 6.05. The Bertz CT molecular complexity index is 360. The van der Waals surface area contributed by atoms with Gasteiger partial charge in [-0.1, -0.05) is 0 Å². The molecule has 0 bridgehead atoms. The third-order valence-electron chi connectivity index (χ3n) is 4.68. The molecular weight excluding hydrogens is 218 g/mol. The van der Waals surface area contributed by atoms with Gasteiger partial charge in [0.15, 0.2) is 0 Å². The summed E-state index contributed by atoms with van der Waals surface area (Å²) < 4.78 is 0. The van der Waals surface area contributed by atoms with Crippen LogP contribution >= 0.6 is 0 Å². The van der Waals surface area contributed by atoms with E-state index in [1.807, 2.05) is 4.90 Å². The fourth-order valence-electron chi connectivity index (χ4n) is 3.68. The molecule has 0 aromatic heterocycles. The summed E-state index contributed by atoms with van der Waals surface area (Å²) in [4.78, 5) is 25.3. The molecule has 1 atom stereocenters. The van der Waals surface area contributed by atoms with Crippen molar-refractivity contribution in [1.29, 1.82) is 0 Å². The molecule has 2 aliphatic carbocycles. The molecule has 1 spiro atoms. The maximum atomic E-state index is 12.2. The molecule has 1 heterocycles. The van der Waals surface area contributed by atoms with Gasteiger partial charge >= 0.3 is 0 Å². The Morgan fingerprint density at radius 2 is 2.18 bits per heavy atom. The predicted octanol–water partition coefficient (Wildman–Crippen LogP) is 0.729. The number of hydrogen-bond donors (Lipinski definition) is 1. The molecule has 1 N–H and O–H groups in total. The van der Waals surface area contributed by atoms with Gasteiger partial charge in [-0.25, -0.2) is 0 Å². The lowest BCUT2D eigenvalue weighted by atomic mass is 9.66. The lowest BCUT2D eigenvalue weighted by Gasteiger charge is -2.42. The van der Waals surface area contributed by atoms with Crippen LogP contribution in [0.2, 0.25) is 0 Å². The number of carbonyl (C=O) groups is 2. The van der Waals surface area contributed by atoms with Crippen molar-refractivity contribution >= 4 is 11.7 Å². The molecule has 17 heavy (non-hydrogen) atoms. The molecule has 2 saturated carbocycles. The highest BCUT2D eigenvalue weighted by molar-refractivity contribution is 5.90. The number of Topliss-reactive ketones (excluding diaryl/α,β-unsaturated/α-hetero) is 1. The molecule has 1 aliphatic heterocycles. The minimum absolute atomic E-state index is 0.0531. The molecule has 3 aliphatic rings. The van der Waals surface area contributed by atoms with Crippen LogP contribution in [0.5, 0.6) is 0 Å². The summed E-state index contributed by atoms with van der Waals surface area (Å²) in [5.74, 6) is 0.355. The Kier molecular flexibility index (Phi) is 2.51. The molecule has 1 amide bonds. The van der Waals surface area contributed by atoms with Crippen molar-refractivity contribution in [1.82, 2.24) is 4.90 Å². The van der Waals surface area contributed by atoms with Crippen molar-refractivity contribution in [3.05, 3.63) is 0 Å². The van der Waals surface area contributed by atoms with Crippen LogP contribution in [0.1, 0.15) is 38.5 Å². The fraction of sp³-hybridized carbons (Fsp3) is 0.846. The number of likely N-dealkylation sites (tertiary alicyclic amines) is 1. The zero-order chi connectivity index (χ0) is 12.0. The molecule has 94 valence electrons. The summed E-state index contributed by atoms with van der Waals surface area (Å²) >= 11 is 0. The highest BCUT2D eigenvalue weighted by atomic mass is 16.3. The second kappa shape index (κ2) is 3.80. The van der Waals surface area contributed by atoms with Crippen LogP contribution in [-0.4, -0.2) is 40.9 Å². The average Bonchev–Trinajstić information content (AvgIpc) is 2.83. The van der Waals surface area contributed by atoms with E-state index in [9.17, 15) is 14.7 Å². The molecule has 4 nitrogen and oxygen atoms in total. The predicted molar refractivity (Wildman–Crippen MR) is 61.2 cm³/mol. The van der Waals surface area contributed by atoms with Gasteiger partial charge < -0.3 is 10.0 Å². The van der Waals surface area contributed by atoms with Gasteiger partial charge in [0.25, 0.3) is 0 Å². The fourth-order valence-corrected chi connectivity index (χ4v) is 3.68. The first-order valence-corrected chi connectivity index (χ1v) is 6.57. The smallest absolute Gasteiger partial charge is 0.226 e. The summed E-state index contributed by atoms with van der Waals surface area (Å²) in [6, 6.07) is 0. The third-order valence-corrected chi connectivity index (χ3v) is 4.68. The van der Waals surface area contributed by atoms with Crippen molar-refractivity contribution in [2.75, 3.05) is 13.1 Å². The minimum Gasteiger partial charge on any atom is -0.393 e. The van der Waals surface area contributed by atoms with Gasteiger partial charge in [-0.2, -0.15) is 0 Å². The molecule has 1 saturated heterocycles. The summed E-state index contributed by atoms with van der Waals surface area (Å²) in [5.41, 5.74) is 0.206. The molecule has 0 aromatic carbocycles. The number of rotatable bonds is 1. The van der Waals surface area contributed by atoms with Gasteiger partial charge in [0, 0.05) is 31.8 Å². The molecule has 3 rings (SSSR count). The Labute approximate surface area is 101 Å². The Morgan fingerprint density at radius 3 is 2.76 bits per heavy atom. The summed E-state index contributed by atoms with van der Waals surface area (Å²) in [6.07, 6.45) is 4.33. The Hall–Kier alpha value is -0.900. The van der Waals surface area contributed by atoms with Crippen LogP contribution in [-0.2, 0) is 9.59 Å². The van der Waals surface area contributed by atoms with E-state index in [0.29, 0.717) is 12.8 Å². The zero-order valence-corrected chi connectivity index (χ0v) is 10.0. The van der Waals surface area contributed by atoms with E-state index in [-0.39, 0.29) is 29.1 Å². The zero-order valence-electron chi connectivity index (χ0n) is 10.0. The van der Waals surface area contributed by atoms with Crippen LogP contribution in [0.3, 0.4) is 0 Å². The van der Waals surface area contributed by atoms with Crippen molar-refractivity contribution in [2.45, 2.75) is 44.6 Å². The van der Waals surface area contributed by atoms with Gasteiger partial charge in [0.2, 0.25) is 5.91 Å². The normalized spacial score (nSPS) is 41.0. The van der Waals surface area contributed by atoms with Crippen molar-refractivity contribution < 1.29 is 14.7 Å². The van der Waals surface area contributed by atoms with Gasteiger partial charge in [0.1, 0.15) is 5.78 Å². The molecule has 0 radical (unpaired) electrons.